The molecule has 112 valence electrons. The SMILES string of the molecule is CC(C)NC(=O)c1csc(-c2ccccc2OC(C)C)n1. The first-order valence-corrected chi connectivity index (χ1v) is 7.87. The molecule has 1 aromatic heterocycles. The largest absolute Gasteiger partial charge is 0.490 e. The van der Waals surface area contributed by atoms with Gasteiger partial charge in [-0.2, -0.15) is 0 Å². The summed E-state index contributed by atoms with van der Waals surface area (Å²) in [6, 6.07) is 7.85. The van der Waals surface area contributed by atoms with Crippen LogP contribution in [0.3, 0.4) is 0 Å². The Hall–Kier alpha value is -1.88. The molecule has 0 aliphatic carbocycles. The van der Waals surface area contributed by atoms with Gasteiger partial charge < -0.3 is 10.1 Å². The second-order valence-corrected chi connectivity index (χ2v) is 6.19. The van der Waals surface area contributed by atoms with Gasteiger partial charge in [0.2, 0.25) is 0 Å². The number of ether oxygens (including phenoxy) is 1. The van der Waals surface area contributed by atoms with E-state index in [1.807, 2.05) is 52.0 Å². The van der Waals surface area contributed by atoms with Gasteiger partial charge in [-0.25, -0.2) is 4.98 Å². The minimum Gasteiger partial charge on any atom is -0.490 e. The second kappa shape index (κ2) is 6.72. The third-order valence-electron chi connectivity index (χ3n) is 2.64. The number of hydrogen-bond acceptors (Lipinski definition) is 4. The van der Waals surface area contributed by atoms with E-state index in [-0.39, 0.29) is 18.1 Å². The number of carbonyl (C=O) groups excluding carboxylic acids is 1. The quantitative estimate of drug-likeness (QED) is 0.915. The molecule has 0 bridgehead atoms. The van der Waals surface area contributed by atoms with Crippen molar-refractivity contribution in [2.24, 2.45) is 0 Å². The van der Waals surface area contributed by atoms with Crippen LogP contribution in [0.5, 0.6) is 5.75 Å². The van der Waals surface area contributed by atoms with Crippen LogP contribution in [0.25, 0.3) is 10.6 Å². The van der Waals surface area contributed by atoms with Crippen molar-refractivity contribution in [1.82, 2.24) is 10.3 Å². The molecule has 1 heterocycles. The monoisotopic (exact) mass is 304 g/mol. The topological polar surface area (TPSA) is 51.2 Å². The van der Waals surface area contributed by atoms with Crippen molar-refractivity contribution in [2.75, 3.05) is 0 Å². The Labute approximate surface area is 129 Å². The van der Waals surface area contributed by atoms with Crippen LogP contribution in [0.4, 0.5) is 0 Å². The zero-order valence-corrected chi connectivity index (χ0v) is 13.5. The summed E-state index contributed by atoms with van der Waals surface area (Å²) in [7, 11) is 0. The van der Waals surface area contributed by atoms with Crippen LogP contribution in [-0.2, 0) is 0 Å². The highest BCUT2D eigenvalue weighted by molar-refractivity contribution is 7.13. The van der Waals surface area contributed by atoms with E-state index in [1.54, 1.807) is 5.38 Å². The summed E-state index contributed by atoms with van der Waals surface area (Å²) in [5, 5.41) is 5.41. The molecule has 2 rings (SSSR count). The molecule has 4 nitrogen and oxygen atoms in total. The van der Waals surface area contributed by atoms with E-state index in [0.717, 1.165) is 16.3 Å². The Morgan fingerprint density at radius 2 is 1.95 bits per heavy atom. The average molecular weight is 304 g/mol. The van der Waals surface area contributed by atoms with Crippen molar-refractivity contribution >= 4 is 17.2 Å². The fourth-order valence-corrected chi connectivity index (χ4v) is 2.67. The lowest BCUT2D eigenvalue weighted by Gasteiger charge is -2.12. The van der Waals surface area contributed by atoms with Gasteiger partial charge in [0.05, 0.1) is 11.7 Å². The van der Waals surface area contributed by atoms with E-state index in [1.165, 1.54) is 11.3 Å². The van der Waals surface area contributed by atoms with Crippen LogP contribution < -0.4 is 10.1 Å². The summed E-state index contributed by atoms with van der Waals surface area (Å²) in [6.45, 7) is 7.83. The summed E-state index contributed by atoms with van der Waals surface area (Å²) in [6.07, 6.45) is 0.0924. The van der Waals surface area contributed by atoms with Gasteiger partial charge in [-0.3, -0.25) is 4.79 Å². The Morgan fingerprint density at radius 3 is 2.62 bits per heavy atom. The van der Waals surface area contributed by atoms with Gasteiger partial charge in [0, 0.05) is 11.4 Å². The van der Waals surface area contributed by atoms with Crippen LogP contribution in [0.15, 0.2) is 29.6 Å². The van der Waals surface area contributed by atoms with Crippen molar-refractivity contribution < 1.29 is 9.53 Å². The van der Waals surface area contributed by atoms with E-state index < -0.39 is 0 Å². The third kappa shape index (κ3) is 4.04. The molecule has 1 N–H and O–H groups in total. The van der Waals surface area contributed by atoms with Crippen LogP contribution in [0.1, 0.15) is 38.2 Å². The number of carbonyl (C=O) groups is 1. The van der Waals surface area contributed by atoms with Crippen molar-refractivity contribution in [3.05, 3.63) is 35.3 Å². The highest BCUT2D eigenvalue weighted by Crippen LogP contribution is 2.32. The number of hydrogen-bond donors (Lipinski definition) is 1. The molecule has 0 fully saturated rings. The molecule has 0 aliphatic rings. The zero-order chi connectivity index (χ0) is 15.4. The van der Waals surface area contributed by atoms with Crippen molar-refractivity contribution in [1.29, 1.82) is 0 Å². The number of nitrogens with one attached hydrogen (secondary N) is 1. The van der Waals surface area contributed by atoms with Crippen molar-refractivity contribution in [3.8, 4) is 16.3 Å². The molecule has 1 amide bonds. The standard InChI is InChI=1S/C16H20N2O2S/c1-10(2)17-15(19)13-9-21-16(18-13)12-7-5-6-8-14(12)20-11(3)4/h5-11H,1-4H3,(H,17,19). The fourth-order valence-electron chi connectivity index (χ4n) is 1.84. The number of aromatic nitrogens is 1. The second-order valence-electron chi connectivity index (χ2n) is 5.33. The summed E-state index contributed by atoms with van der Waals surface area (Å²) in [5.74, 6) is 0.646. The van der Waals surface area contributed by atoms with Crippen molar-refractivity contribution in [2.45, 2.75) is 39.8 Å². The van der Waals surface area contributed by atoms with E-state index in [2.05, 4.69) is 10.3 Å². The molecule has 21 heavy (non-hydrogen) atoms. The molecule has 5 heteroatoms. The van der Waals surface area contributed by atoms with E-state index in [0.29, 0.717) is 5.69 Å². The van der Waals surface area contributed by atoms with Gasteiger partial charge in [-0.15, -0.1) is 11.3 Å². The third-order valence-corrected chi connectivity index (χ3v) is 3.51. The number of amides is 1. The lowest BCUT2D eigenvalue weighted by atomic mass is 10.2. The van der Waals surface area contributed by atoms with E-state index in [9.17, 15) is 4.79 Å². The molecule has 0 aliphatic heterocycles. The number of rotatable bonds is 5. The molecule has 0 unspecified atom stereocenters. The summed E-state index contributed by atoms with van der Waals surface area (Å²) >= 11 is 1.45. The Kier molecular flexibility index (Phi) is 4.96. The highest BCUT2D eigenvalue weighted by Gasteiger charge is 2.15. The minimum absolute atomic E-state index is 0.0924. The first kappa shape index (κ1) is 15.5. The summed E-state index contributed by atoms with van der Waals surface area (Å²) in [5.41, 5.74) is 1.36. The average Bonchev–Trinajstić information content (AvgIpc) is 2.87. The Morgan fingerprint density at radius 1 is 1.24 bits per heavy atom. The first-order valence-electron chi connectivity index (χ1n) is 7.00. The molecule has 0 atom stereocenters. The molecule has 1 aromatic carbocycles. The van der Waals surface area contributed by atoms with Crippen molar-refractivity contribution in [3.63, 3.8) is 0 Å². The fraction of sp³-hybridized carbons (Fsp3) is 0.375. The van der Waals surface area contributed by atoms with Gasteiger partial charge in [-0.05, 0) is 39.8 Å². The number of para-hydroxylation sites is 1. The molecular formula is C16H20N2O2S. The first-order chi connectivity index (χ1) is 9.97. The summed E-state index contributed by atoms with van der Waals surface area (Å²) < 4.78 is 5.80. The smallest absolute Gasteiger partial charge is 0.270 e. The molecule has 0 saturated heterocycles. The molecule has 2 aromatic rings. The van der Waals surface area contributed by atoms with Gasteiger partial charge in [-0.1, -0.05) is 12.1 Å². The van der Waals surface area contributed by atoms with E-state index >= 15 is 0 Å². The van der Waals surface area contributed by atoms with Crippen LogP contribution in [0, 0.1) is 0 Å². The maximum atomic E-state index is 12.0. The van der Waals surface area contributed by atoms with Gasteiger partial charge >= 0.3 is 0 Å². The highest BCUT2D eigenvalue weighted by atomic mass is 32.1. The lowest BCUT2D eigenvalue weighted by Crippen LogP contribution is -2.30. The predicted octanol–water partition coefficient (Wildman–Crippen LogP) is 3.74. The predicted molar refractivity (Wildman–Crippen MR) is 85.9 cm³/mol. The number of thiazole rings is 1. The maximum Gasteiger partial charge on any atom is 0.270 e. The minimum atomic E-state index is -0.144. The Bertz CT molecular complexity index is 620. The molecular weight excluding hydrogens is 284 g/mol. The molecule has 0 spiro atoms. The Balaban J connectivity index is 2.27. The normalized spacial score (nSPS) is 11.0. The van der Waals surface area contributed by atoms with Gasteiger partial charge in [0.15, 0.2) is 0 Å². The number of nitrogens with zero attached hydrogens (tertiary/aromatic N) is 1. The van der Waals surface area contributed by atoms with Gasteiger partial charge in [0.25, 0.3) is 5.91 Å². The number of benzene rings is 1. The van der Waals surface area contributed by atoms with E-state index in [4.69, 9.17) is 4.74 Å². The van der Waals surface area contributed by atoms with Crippen LogP contribution in [0.2, 0.25) is 0 Å². The molecule has 0 radical (unpaired) electrons. The lowest BCUT2D eigenvalue weighted by molar-refractivity contribution is 0.0939. The van der Waals surface area contributed by atoms with Gasteiger partial charge in [0.1, 0.15) is 16.5 Å². The van der Waals surface area contributed by atoms with Crippen LogP contribution in [-0.4, -0.2) is 23.0 Å². The summed E-state index contributed by atoms with van der Waals surface area (Å²) in [4.78, 5) is 16.4. The zero-order valence-electron chi connectivity index (χ0n) is 12.7. The molecule has 0 saturated carbocycles. The van der Waals surface area contributed by atoms with Crippen LogP contribution >= 0.6 is 11.3 Å². The maximum absolute atomic E-state index is 12.0.